The fourth-order valence-electron chi connectivity index (χ4n) is 2.48. The SMILES string of the molecule is CCNCC1CCN(S(=O)(=O)c2cc(Cl)cnc2N)CC1.Cl. The maximum Gasteiger partial charge on any atom is 0.246 e. The van der Waals surface area contributed by atoms with Crippen LogP contribution in [0.25, 0.3) is 0 Å². The number of nitrogens with zero attached hydrogens (tertiary/aromatic N) is 2. The summed E-state index contributed by atoms with van der Waals surface area (Å²) in [5.41, 5.74) is 5.69. The standard InChI is InChI=1S/C13H21ClN4O2S.ClH/c1-2-16-8-10-3-5-18(6-4-10)21(19,20)12-7-11(14)9-17-13(12)15;/h7,9-10,16H,2-6,8H2,1H3,(H2,15,17);1H. The third-order valence-corrected chi connectivity index (χ3v) is 5.86. The fraction of sp³-hybridized carbons (Fsp3) is 0.615. The van der Waals surface area contributed by atoms with Gasteiger partial charge in [0.2, 0.25) is 10.0 Å². The van der Waals surface area contributed by atoms with Gasteiger partial charge < -0.3 is 11.1 Å². The molecule has 1 aromatic rings. The Balaban J connectivity index is 0.00000242. The molecule has 0 spiro atoms. The van der Waals surface area contributed by atoms with Crippen molar-refractivity contribution in [2.45, 2.75) is 24.7 Å². The molecule has 1 aliphatic heterocycles. The Bertz CT molecular complexity index is 590. The first-order chi connectivity index (χ1) is 9.95. The molecule has 0 atom stereocenters. The largest absolute Gasteiger partial charge is 0.383 e. The summed E-state index contributed by atoms with van der Waals surface area (Å²) in [5, 5.41) is 3.57. The van der Waals surface area contributed by atoms with Crippen LogP contribution in [0.4, 0.5) is 5.82 Å². The number of hydrogen-bond donors (Lipinski definition) is 2. The van der Waals surface area contributed by atoms with Gasteiger partial charge in [-0.3, -0.25) is 0 Å². The van der Waals surface area contributed by atoms with Gasteiger partial charge >= 0.3 is 0 Å². The Labute approximate surface area is 142 Å². The lowest BCUT2D eigenvalue weighted by molar-refractivity contribution is 0.268. The molecule has 22 heavy (non-hydrogen) atoms. The second-order valence-electron chi connectivity index (χ2n) is 5.19. The average Bonchev–Trinajstić information content (AvgIpc) is 2.48. The van der Waals surface area contributed by atoms with Crippen molar-refractivity contribution >= 4 is 39.8 Å². The third kappa shape index (κ3) is 4.45. The normalized spacial score (nSPS) is 17.2. The zero-order chi connectivity index (χ0) is 15.5. The zero-order valence-electron chi connectivity index (χ0n) is 12.5. The van der Waals surface area contributed by atoms with Gasteiger partial charge in [0.15, 0.2) is 0 Å². The van der Waals surface area contributed by atoms with Crippen LogP contribution in [0.1, 0.15) is 19.8 Å². The van der Waals surface area contributed by atoms with E-state index in [-0.39, 0.29) is 28.1 Å². The highest BCUT2D eigenvalue weighted by molar-refractivity contribution is 7.89. The number of anilines is 1. The van der Waals surface area contributed by atoms with Gasteiger partial charge in [-0.15, -0.1) is 12.4 Å². The Kier molecular flexibility index (Phi) is 7.34. The van der Waals surface area contributed by atoms with Gasteiger partial charge in [0.05, 0.1) is 5.02 Å². The van der Waals surface area contributed by atoms with E-state index in [1.165, 1.54) is 16.6 Å². The van der Waals surface area contributed by atoms with E-state index in [0.29, 0.717) is 19.0 Å². The number of aromatic nitrogens is 1. The van der Waals surface area contributed by atoms with Crippen molar-refractivity contribution in [1.29, 1.82) is 0 Å². The quantitative estimate of drug-likeness (QED) is 0.826. The summed E-state index contributed by atoms with van der Waals surface area (Å²) in [6.07, 6.45) is 3.04. The Morgan fingerprint density at radius 1 is 1.45 bits per heavy atom. The van der Waals surface area contributed by atoms with Gasteiger partial charge in [0, 0.05) is 19.3 Å². The molecule has 0 amide bonds. The molecule has 1 fully saturated rings. The van der Waals surface area contributed by atoms with E-state index in [1.807, 2.05) is 0 Å². The molecule has 9 heteroatoms. The highest BCUT2D eigenvalue weighted by atomic mass is 35.5. The molecule has 1 aromatic heterocycles. The highest BCUT2D eigenvalue weighted by Gasteiger charge is 2.31. The summed E-state index contributed by atoms with van der Waals surface area (Å²) < 4.78 is 26.7. The van der Waals surface area contributed by atoms with Crippen LogP contribution in [0.3, 0.4) is 0 Å². The monoisotopic (exact) mass is 368 g/mol. The van der Waals surface area contributed by atoms with Crippen molar-refractivity contribution in [2.24, 2.45) is 5.92 Å². The second-order valence-corrected chi connectivity index (χ2v) is 7.53. The van der Waals surface area contributed by atoms with E-state index in [2.05, 4.69) is 17.2 Å². The number of sulfonamides is 1. The minimum atomic E-state index is -3.62. The molecule has 2 rings (SSSR count). The summed E-state index contributed by atoms with van der Waals surface area (Å²) in [7, 11) is -3.62. The van der Waals surface area contributed by atoms with Crippen molar-refractivity contribution in [2.75, 3.05) is 31.9 Å². The minimum Gasteiger partial charge on any atom is -0.383 e. The molecule has 1 aliphatic rings. The maximum absolute atomic E-state index is 12.6. The van der Waals surface area contributed by atoms with E-state index >= 15 is 0 Å². The molecular formula is C13H22Cl2N4O2S. The van der Waals surface area contributed by atoms with Gasteiger partial charge in [-0.25, -0.2) is 13.4 Å². The molecule has 3 N–H and O–H groups in total. The number of halogens is 2. The first-order valence-electron chi connectivity index (χ1n) is 7.07. The van der Waals surface area contributed by atoms with Crippen LogP contribution in [0, 0.1) is 5.92 Å². The van der Waals surface area contributed by atoms with Gasteiger partial charge in [0.1, 0.15) is 10.7 Å². The Morgan fingerprint density at radius 2 is 2.09 bits per heavy atom. The van der Waals surface area contributed by atoms with Crippen LogP contribution in [0.5, 0.6) is 0 Å². The fourth-order valence-corrected chi connectivity index (χ4v) is 4.26. The average molecular weight is 369 g/mol. The van der Waals surface area contributed by atoms with Crippen molar-refractivity contribution in [1.82, 2.24) is 14.6 Å². The van der Waals surface area contributed by atoms with Gasteiger partial charge in [0.25, 0.3) is 0 Å². The Hall–Kier alpha value is -0.600. The predicted molar refractivity (Wildman–Crippen MR) is 90.9 cm³/mol. The third-order valence-electron chi connectivity index (χ3n) is 3.72. The van der Waals surface area contributed by atoms with Gasteiger partial charge in [-0.1, -0.05) is 18.5 Å². The first-order valence-corrected chi connectivity index (χ1v) is 8.88. The number of nitrogens with two attached hydrogens (primary N) is 1. The predicted octanol–water partition coefficient (Wildman–Crippen LogP) is 1.75. The molecule has 1 saturated heterocycles. The van der Waals surface area contributed by atoms with E-state index in [0.717, 1.165) is 25.9 Å². The minimum absolute atomic E-state index is 0. The number of nitrogen functional groups attached to an aromatic ring is 1. The number of nitrogens with one attached hydrogen (secondary N) is 1. The van der Waals surface area contributed by atoms with Crippen LogP contribution in [0.15, 0.2) is 17.2 Å². The van der Waals surface area contributed by atoms with Crippen LogP contribution in [-0.2, 0) is 10.0 Å². The van der Waals surface area contributed by atoms with E-state index < -0.39 is 10.0 Å². The number of pyridine rings is 1. The molecule has 2 heterocycles. The van der Waals surface area contributed by atoms with Crippen LogP contribution >= 0.6 is 24.0 Å². The van der Waals surface area contributed by atoms with Crippen molar-refractivity contribution in [3.05, 3.63) is 17.3 Å². The number of piperidine rings is 1. The molecular weight excluding hydrogens is 347 g/mol. The topological polar surface area (TPSA) is 88.3 Å². The van der Waals surface area contributed by atoms with E-state index in [4.69, 9.17) is 17.3 Å². The van der Waals surface area contributed by atoms with Gasteiger partial charge in [-0.05, 0) is 37.9 Å². The zero-order valence-corrected chi connectivity index (χ0v) is 14.8. The van der Waals surface area contributed by atoms with Crippen LogP contribution in [-0.4, -0.2) is 43.9 Å². The molecule has 0 bridgehead atoms. The van der Waals surface area contributed by atoms with E-state index in [9.17, 15) is 8.42 Å². The number of rotatable bonds is 5. The lowest BCUT2D eigenvalue weighted by Gasteiger charge is -2.31. The smallest absolute Gasteiger partial charge is 0.246 e. The molecule has 0 saturated carbocycles. The molecule has 0 aliphatic carbocycles. The Morgan fingerprint density at radius 3 is 2.68 bits per heavy atom. The number of hydrogen-bond acceptors (Lipinski definition) is 5. The second kappa shape index (κ2) is 8.31. The molecule has 126 valence electrons. The van der Waals surface area contributed by atoms with E-state index in [1.54, 1.807) is 0 Å². The molecule has 6 nitrogen and oxygen atoms in total. The lowest BCUT2D eigenvalue weighted by Crippen LogP contribution is -2.41. The van der Waals surface area contributed by atoms with Crippen molar-refractivity contribution < 1.29 is 8.42 Å². The summed E-state index contributed by atoms with van der Waals surface area (Å²) in [6, 6.07) is 1.37. The highest BCUT2D eigenvalue weighted by Crippen LogP contribution is 2.27. The maximum atomic E-state index is 12.6. The van der Waals surface area contributed by atoms with Crippen LogP contribution < -0.4 is 11.1 Å². The van der Waals surface area contributed by atoms with Gasteiger partial charge in [-0.2, -0.15) is 4.31 Å². The summed E-state index contributed by atoms with van der Waals surface area (Å²) in [4.78, 5) is 3.83. The lowest BCUT2D eigenvalue weighted by atomic mass is 9.98. The van der Waals surface area contributed by atoms with Crippen molar-refractivity contribution in [3.8, 4) is 0 Å². The summed E-state index contributed by atoms with van der Waals surface area (Å²) in [6.45, 7) is 4.94. The van der Waals surface area contributed by atoms with Crippen LogP contribution in [0.2, 0.25) is 5.02 Å². The van der Waals surface area contributed by atoms with Crippen molar-refractivity contribution in [3.63, 3.8) is 0 Å². The molecule has 0 radical (unpaired) electrons. The summed E-state index contributed by atoms with van der Waals surface area (Å²) >= 11 is 5.83. The molecule has 0 unspecified atom stereocenters. The summed E-state index contributed by atoms with van der Waals surface area (Å²) in [5.74, 6) is 0.514. The molecule has 0 aromatic carbocycles. The first kappa shape index (κ1) is 19.4.